The van der Waals surface area contributed by atoms with E-state index in [4.69, 9.17) is 31.5 Å². The molecule has 0 amide bonds. The van der Waals surface area contributed by atoms with Crippen LogP contribution in [-0.2, 0) is 14.2 Å². The highest BCUT2D eigenvalue weighted by molar-refractivity contribution is 6.21. The minimum absolute atomic E-state index is 0.102. The number of nitrogens with two attached hydrogens (primary N) is 1. The largest absolute Gasteiger partial charge is 0.382 e. The van der Waals surface area contributed by atoms with Gasteiger partial charge in [-0.25, -0.2) is 15.0 Å². The summed E-state index contributed by atoms with van der Waals surface area (Å²) in [6.45, 7) is 3.87. The maximum absolute atomic E-state index is 7.09. The highest BCUT2D eigenvalue weighted by atomic mass is 35.5. The molecular formula is C20H26ClN5O3. The number of imidazole rings is 1. The number of nitrogen functional groups attached to an aromatic ring is 1. The Bertz CT molecular complexity index is 951. The van der Waals surface area contributed by atoms with Crippen molar-refractivity contribution in [3.63, 3.8) is 0 Å². The third-order valence-corrected chi connectivity index (χ3v) is 7.81. The van der Waals surface area contributed by atoms with Crippen molar-refractivity contribution < 1.29 is 14.2 Å². The second-order valence-electron chi connectivity index (χ2n) is 9.42. The molecule has 2 aliphatic carbocycles. The molecule has 4 heterocycles. The molecule has 0 aromatic carbocycles. The fraction of sp³-hybridized carbons (Fsp3) is 0.750. The van der Waals surface area contributed by atoms with Crippen molar-refractivity contribution in [3.8, 4) is 0 Å². The van der Waals surface area contributed by atoms with Crippen molar-refractivity contribution in [2.75, 3.05) is 5.73 Å². The molecule has 8 atom stereocenters. The van der Waals surface area contributed by atoms with E-state index in [0.29, 0.717) is 28.8 Å². The molecule has 8 nitrogen and oxygen atoms in total. The second-order valence-corrected chi connectivity index (χ2v) is 9.93. The van der Waals surface area contributed by atoms with Gasteiger partial charge in [0.1, 0.15) is 30.2 Å². The monoisotopic (exact) mass is 419 g/mol. The van der Waals surface area contributed by atoms with E-state index >= 15 is 0 Å². The van der Waals surface area contributed by atoms with E-state index in [2.05, 4.69) is 15.0 Å². The van der Waals surface area contributed by atoms with Gasteiger partial charge in [-0.3, -0.25) is 4.57 Å². The molecule has 4 unspecified atom stereocenters. The van der Waals surface area contributed by atoms with Gasteiger partial charge in [0.25, 0.3) is 0 Å². The van der Waals surface area contributed by atoms with Crippen molar-refractivity contribution in [3.05, 3.63) is 12.7 Å². The van der Waals surface area contributed by atoms with Gasteiger partial charge in [-0.2, -0.15) is 0 Å². The molecular weight excluding hydrogens is 394 g/mol. The van der Waals surface area contributed by atoms with Gasteiger partial charge < -0.3 is 19.9 Å². The van der Waals surface area contributed by atoms with Crippen molar-refractivity contribution >= 4 is 28.6 Å². The summed E-state index contributed by atoms with van der Waals surface area (Å²) in [6, 6.07) is 0. The fourth-order valence-electron chi connectivity index (χ4n) is 6.07. The van der Waals surface area contributed by atoms with E-state index < -0.39 is 12.0 Å². The van der Waals surface area contributed by atoms with Gasteiger partial charge >= 0.3 is 0 Å². The average molecular weight is 420 g/mol. The Morgan fingerprint density at radius 3 is 2.76 bits per heavy atom. The fourth-order valence-corrected chi connectivity index (χ4v) is 6.58. The zero-order chi connectivity index (χ0) is 19.9. The van der Waals surface area contributed by atoms with Crippen LogP contribution >= 0.6 is 11.6 Å². The third-order valence-electron chi connectivity index (χ3n) is 7.24. The first kappa shape index (κ1) is 18.3. The number of hydrogen-bond acceptors (Lipinski definition) is 7. The van der Waals surface area contributed by atoms with Crippen LogP contribution in [-0.4, -0.2) is 49.0 Å². The molecule has 2 saturated carbocycles. The predicted molar refractivity (Wildman–Crippen MR) is 106 cm³/mol. The Labute approximate surface area is 174 Å². The molecule has 2 bridgehead atoms. The first-order valence-corrected chi connectivity index (χ1v) is 10.9. The number of hydrogen-bond donors (Lipinski definition) is 1. The van der Waals surface area contributed by atoms with Crippen LogP contribution in [0.3, 0.4) is 0 Å². The molecule has 2 aromatic heterocycles. The summed E-state index contributed by atoms with van der Waals surface area (Å²) in [4.78, 5) is 12.8. The third kappa shape index (κ3) is 2.72. The van der Waals surface area contributed by atoms with Gasteiger partial charge in [0.15, 0.2) is 23.5 Å². The first-order valence-electron chi connectivity index (χ1n) is 10.5. The number of halogens is 1. The normalized spacial score (nSPS) is 41.3. The van der Waals surface area contributed by atoms with Crippen LogP contribution in [0.25, 0.3) is 11.2 Å². The lowest BCUT2D eigenvalue weighted by atomic mass is 9.83. The summed E-state index contributed by atoms with van der Waals surface area (Å²) < 4.78 is 21.0. The standard InChI is InChI=1S/C20H26ClN5O3/c1-20(2)28-15-14(12(21)11-6-9-3-4-10(11)5-9)27-19(16(15)29-20)26-8-25-13-17(22)23-7-24-18(13)26/h7-12,14-16,19H,3-6H2,1-2H3,(H2,22,23,24)/t9?,10?,11?,12?,14-,15-,16-,19-/m1/s1. The number of alkyl halides is 1. The molecule has 9 heteroatoms. The number of ether oxygens (including phenoxy) is 3. The lowest BCUT2D eigenvalue weighted by Gasteiger charge is -2.32. The van der Waals surface area contributed by atoms with Gasteiger partial charge in [0.2, 0.25) is 0 Å². The Hall–Kier alpha value is -1.48. The molecule has 4 aliphatic rings. The molecule has 29 heavy (non-hydrogen) atoms. The maximum Gasteiger partial charge on any atom is 0.167 e. The number of rotatable bonds is 3. The predicted octanol–water partition coefficient (Wildman–Crippen LogP) is 2.87. The zero-order valence-corrected chi connectivity index (χ0v) is 17.3. The Morgan fingerprint density at radius 2 is 2.00 bits per heavy atom. The summed E-state index contributed by atoms with van der Waals surface area (Å²) in [6.07, 6.45) is 7.09. The van der Waals surface area contributed by atoms with Gasteiger partial charge in [0, 0.05) is 0 Å². The summed E-state index contributed by atoms with van der Waals surface area (Å²) in [5.74, 6) is 1.67. The topological polar surface area (TPSA) is 97.3 Å². The average Bonchev–Trinajstić information content (AvgIpc) is 3.46. The Balaban J connectivity index is 1.35. The van der Waals surface area contributed by atoms with E-state index in [1.807, 2.05) is 18.4 Å². The van der Waals surface area contributed by atoms with E-state index in [9.17, 15) is 0 Å². The highest BCUT2D eigenvalue weighted by Crippen LogP contribution is 2.54. The Morgan fingerprint density at radius 1 is 1.17 bits per heavy atom. The molecule has 2 N–H and O–H groups in total. The minimum atomic E-state index is -0.689. The van der Waals surface area contributed by atoms with Gasteiger partial charge in [0.05, 0.1) is 11.7 Å². The van der Waals surface area contributed by atoms with Gasteiger partial charge in [-0.15, -0.1) is 11.6 Å². The lowest BCUT2D eigenvalue weighted by molar-refractivity contribution is -0.197. The van der Waals surface area contributed by atoms with Crippen LogP contribution in [0.5, 0.6) is 0 Å². The molecule has 6 rings (SSSR count). The summed E-state index contributed by atoms with van der Waals surface area (Å²) in [7, 11) is 0. The van der Waals surface area contributed by atoms with E-state index in [0.717, 1.165) is 5.92 Å². The van der Waals surface area contributed by atoms with Crippen molar-refractivity contribution in [1.82, 2.24) is 19.5 Å². The summed E-state index contributed by atoms with van der Waals surface area (Å²) in [5.41, 5.74) is 7.15. The zero-order valence-electron chi connectivity index (χ0n) is 16.6. The van der Waals surface area contributed by atoms with Crippen molar-refractivity contribution in [2.45, 2.75) is 75.2 Å². The molecule has 0 spiro atoms. The molecule has 2 aromatic rings. The number of aromatic nitrogens is 4. The van der Waals surface area contributed by atoms with Gasteiger partial charge in [-0.05, 0) is 50.9 Å². The van der Waals surface area contributed by atoms with Gasteiger partial charge in [-0.1, -0.05) is 6.42 Å². The van der Waals surface area contributed by atoms with Crippen LogP contribution in [0.2, 0.25) is 0 Å². The first-order chi connectivity index (χ1) is 13.9. The lowest BCUT2D eigenvalue weighted by Crippen LogP contribution is -2.41. The van der Waals surface area contributed by atoms with E-state index in [-0.39, 0.29) is 23.7 Å². The van der Waals surface area contributed by atoms with Crippen LogP contribution in [0.15, 0.2) is 12.7 Å². The molecule has 156 valence electrons. The SMILES string of the molecule is CC1(C)O[C@@H]2[C@H](O1)[C@@H](C(Cl)C1CC3CCC1C3)O[C@H]2n1cnc2c(N)ncnc21. The van der Waals surface area contributed by atoms with E-state index in [1.54, 1.807) is 6.33 Å². The van der Waals surface area contributed by atoms with Crippen molar-refractivity contribution in [2.24, 2.45) is 17.8 Å². The summed E-state index contributed by atoms with van der Waals surface area (Å²) >= 11 is 7.09. The molecule has 2 saturated heterocycles. The van der Waals surface area contributed by atoms with Crippen LogP contribution in [0.1, 0.15) is 45.8 Å². The van der Waals surface area contributed by atoms with Crippen LogP contribution < -0.4 is 5.73 Å². The highest BCUT2D eigenvalue weighted by Gasteiger charge is 2.59. The van der Waals surface area contributed by atoms with Crippen LogP contribution in [0, 0.1) is 17.8 Å². The number of nitrogens with zero attached hydrogens (tertiary/aromatic N) is 4. The van der Waals surface area contributed by atoms with Crippen molar-refractivity contribution in [1.29, 1.82) is 0 Å². The number of anilines is 1. The summed E-state index contributed by atoms with van der Waals surface area (Å²) in [5, 5.41) is -0.102. The number of fused-ring (bicyclic) bond motifs is 4. The molecule has 4 fully saturated rings. The van der Waals surface area contributed by atoms with Crippen LogP contribution in [0.4, 0.5) is 5.82 Å². The maximum atomic E-state index is 7.09. The minimum Gasteiger partial charge on any atom is -0.382 e. The Kier molecular flexibility index (Phi) is 3.95. The van der Waals surface area contributed by atoms with E-state index in [1.165, 1.54) is 32.0 Å². The molecule has 2 aliphatic heterocycles. The molecule has 0 radical (unpaired) electrons. The smallest absolute Gasteiger partial charge is 0.167 e. The second kappa shape index (κ2) is 6.26. The quantitative estimate of drug-likeness (QED) is 0.764.